The standard InChI is InChI=1S/C14H15BrClNO3/c15-12-4-3-10(16)7-11(12)14(20)17-5-1-2-9(8-17)6-13(18)19/h3-4,7,9H,1-2,5-6,8H2,(H,18,19). The van der Waals surface area contributed by atoms with Crippen molar-refractivity contribution in [3.8, 4) is 0 Å². The van der Waals surface area contributed by atoms with E-state index in [1.165, 1.54) is 0 Å². The number of carboxylic acids is 1. The molecule has 0 radical (unpaired) electrons. The summed E-state index contributed by atoms with van der Waals surface area (Å²) in [5, 5.41) is 9.37. The molecule has 0 bridgehead atoms. The van der Waals surface area contributed by atoms with Crippen LogP contribution in [0.1, 0.15) is 29.6 Å². The Bertz CT molecular complexity index is 535. The molecule has 1 amide bonds. The number of amides is 1. The van der Waals surface area contributed by atoms with Crippen molar-refractivity contribution in [3.63, 3.8) is 0 Å². The second kappa shape index (κ2) is 6.59. The molecule has 2 rings (SSSR count). The molecule has 1 aromatic carbocycles. The van der Waals surface area contributed by atoms with Crippen LogP contribution >= 0.6 is 27.5 Å². The Hall–Kier alpha value is -1.07. The van der Waals surface area contributed by atoms with Gasteiger partial charge < -0.3 is 10.0 Å². The van der Waals surface area contributed by atoms with Gasteiger partial charge in [-0.05, 0) is 52.9 Å². The van der Waals surface area contributed by atoms with Gasteiger partial charge in [0.25, 0.3) is 5.91 Å². The second-order valence-electron chi connectivity index (χ2n) is 4.98. The smallest absolute Gasteiger partial charge is 0.303 e. The fraction of sp³-hybridized carbons (Fsp3) is 0.429. The fourth-order valence-corrected chi connectivity index (χ4v) is 3.08. The molecule has 1 atom stereocenters. The van der Waals surface area contributed by atoms with Crippen LogP contribution < -0.4 is 0 Å². The molecule has 20 heavy (non-hydrogen) atoms. The fourth-order valence-electron chi connectivity index (χ4n) is 2.49. The van der Waals surface area contributed by atoms with Crippen LogP contribution in [0, 0.1) is 5.92 Å². The van der Waals surface area contributed by atoms with Crippen molar-refractivity contribution in [2.45, 2.75) is 19.3 Å². The molecule has 1 fully saturated rings. The number of rotatable bonds is 3. The maximum atomic E-state index is 12.5. The first-order valence-electron chi connectivity index (χ1n) is 6.43. The topological polar surface area (TPSA) is 57.6 Å². The minimum absolute atomic E-state index is 0.0307. The summed E-state index contributed by atoms with van der Waals surface area (Å²) in [6, 6.07) is 5.09. The lowest BCUT2D eigenvalue weighted by atomic mass is 9.94. The Morgan fingerprint density at radius 1 is 1.45 bits per heavy atom. The molecule has 1 N–H and O–H groups in total. The van der Waals surface area contributed by atoms with Crippen LogP contribution in [0.4, 0.5) is 0 Å². The molecule has 1 unspecified atom stereocenters. The summed E-state index contributed by atoms with van der Waals surface area (Å²) in [4.78, 5) is 25.0. The number of benzene rings is 1. The minimum atomic E-state index is -0.812. The summed E-state index contributed by atoms with van der Waals surface area (Å²) in [7, 11) is 0. The molecule has 0 saturated carbocycles. The molecule has 6 heteroatoms. The number of likely N-dealkylation sites (tertiary alicyclic amines) is 1. The monoisotopic (exact) mass is 359 g/mol. The highest BCUT2D eigenvalue weighted by molar-refractivity contribution is 9.10. The van der Waals surface area contributed by atoms with Crippen LogP contribution in [-0.4, -0.2) is 35.0 Å². The zero-order valence-electron chi connectivity index (χ0n) is 10.8. The van der Waals surface area contributed by atoms with Gasteiger partial charge in [0, 0.05) is 29.0 Å². The molecule has 1 aliphatic rings. The molecular weight excluding hydrogens is 346 g/mol. The van der Waals surface area contributed by atoms with E-state index in [9.17, 15) is 9.59 Å². The molecule has 0 aromatic heterocycles. The second-order valence-corrected chi connectivity index (χ2v) is 6.27. The SMILES string of the molecule is O=C(O)CC1CCCN(C(=O)c2cc(Cl)ccc2Br)C1. The summed E-state index contributed by atoms with van der Waals surface area (Å²) < 4.78 is 0.701. The van der Waals surface area contributed by atoms with E-state index in [0.29, 0.717) is 28.1 Å². The third-order valence-corrected chi connectivity index (χ3v) is 4.35. The molecule has 1 heterocycles. The van der Waals surface area contributed by atoms with Gasteiger partial charge in [-0.3, -0.25) is 9.59 Å². The number of carbonyl (C=O) groups excluding carboxylic acids is 1. The first-order valence-corrected chi connectivity index (χ1v) is 7.60. The third kappa shape index (κ3) is 3.73. The molecule has 1 aliphatic heterocycles. The number of halogens is 2. The lowest BCUT2D eigenvalue weighted by molar-refractivity contribution is -0.138. The van der Waals surface area contributed by atoms with Crippen molar-refractivity contribution < 1.29 is 14.7 Å². The summed E-state index contributed by atoms with van der Waals surface area (Å²) in [5.41, 5.74) is 0.522. The van der Waals surface area contributed by atoms with Crippen molar-refractivity contribution in [3.05, 3.63) is 33.3 Å². The van der Waals surface area contributed by atoms with Crippen molar-refractivity contribution in [1.29, 1.82) is 0 Å². The van der Waals surface area contributed by atoms with Gasteiger partial charge in [0.05, 0.1) is 5.56 Å². The Morgan fingerprint density at radius 2 is 2.20 bits per heavy atom. The lowest BCUT2D eigenvalue weighted by Gasteiger charge is -2.32. The maximum Gasteiger partial charge on any atom is 0.303 e. The molecule has 0 aliphatic carbocycles. The summed E-state index contributed by atoms with van der Waals surface area (Å²) in [6.07, 6.45) is 1.80. The van der Waals surface area contributed by atoms with Crippen molar-refractivity contribution in [2.24, 2.45) is 5.92 Å². The Morgan fingerprint density at radius 3 is 2.90 bits per heavy atom. The number of nitrogens with zero attached hydrogens (tertiary/aromatic N) is 1. The number of hydrogen-bond donors (Lipinski definition) is 1. The molecule has 0 spiro atoms. The van der Waals surface area contributed by atoms with E-state index in [4.69, 9.17) is 16.7 Å². The van der Waals surface area contributed by atoms with Crippen LogP contribution in [0.3, 0.4) is 0 Å². The molecule has 1 aromatic rings. The van der Waals surface area contributed by atoms with Crippen LogP contribution in [0.25, 0.3) is 0 Å². The first kappa shape index (κ1) is 15.3. The quantitative estimate of drug-likeness (QED) is 0.898. The highest BCUT2D eigenvalue weighted by Gasteiger charge is 2.26. The van der Waals surface area contributed by atoms with E-state index >= 15 is 0 Å². The van der Waals surface area contributed by atoms with E-state index < -0.39 is 5.97 Å². The lowest BCUT2D eigenvalue weighted by Crippen LogP contribution is -2.40. The number of aliphatic carboxylic acids is 1. The normalized spacial score (nSPS) is 18.9. The molecule has 108 valence electrons. The minimum Gasteiger partial charge on any atom is -0.481 e. The Balaban J connectivity index is 2.12. The Kier molecular flexibility index (Phi) is 5.05. The third-order valence-electron chi connectivity index (χ3n) is 3.43. The van der Waals surface area contributed by atoms with Gasteiger partial charge >= 0.3 is 5.97 Å². The first-order chi connectivity index (χ1) is 9.47. The Labute approximate surface area is 130 Å². The highest BCUT2D eigenvalue weighted by atomic mass is 79.9. The number of carbonyl (C=O) groups is 2. The van der Waals surface area contributed by atoms with E-state index in [-0.39, 0.29) is 18.2 Å². The maximum absolute atomic E-state index is 12.5. The predicted octanol–water partition coefficient (Wildman–Crippen LogP) is 3.43. The van der Waals surface area contributed by atoms with Gasteiger partial charge in [-0.25, -0.2) is 0 Å². The van der Waals surface area contributed by atoms with Gasteiger partial charge in [-0.1, -0.05) is 11.6 Å². The van der Waals surface area contributed by atoms with Gasteiger partial charge in [0.2, 0.25) is 0 Å². The number of carboxylic acid groups (broad SMARTS) is 1. The van der Waals surface area contributed by atoms with Crippen LogP contribution in [-0.2, 0) is 4.79 Å². The van der Waals surface area contributed by atoms with Crippen LogP contribution in [0.2, 0.25) is 5.02 Å². The van der Waals surface area contributed by atoms with Gasteiger partial charge in [0.15, 0.2) is 0 Å². The zero-order chi connectivity index (χ0) is 14.7. The van der Waals surface area contributed by atoms with Crippen molar-refractivity contribution in [2.75, 3.05) is 13.1 Å². The molecular formula is C14H15BrClNO3. The van der Waals surface area contributed by atoms with E-state index in [0.717, 1.165) is 12.8 Å². The van der Waals surface area contributed by atoms with Gasteiger partial charge in [0.1, 0.15) is 0 Å². The highest BCUT2D eigenvalue weighted by Crippen LogP contribution is 2.26. The van der Waals surface area contributed by atoms with Gasteiger partial charge in [-0.15, -0.1) is 0 Å². The summed E-state index contributed by atoms with van der Waals surface area (Å²) >= 11 is 9.28. The van der Waals surface area contributed by atoms with Crippen LogP contribution in [0.15, 0.2) is 22.7 Å². The number of hydrogen-bond acceptors (Lipinski definition) is 2. The van der Waals surface area contributed by atoms with Crippen molar-refractivity contribution in [1.82, 2.24) is 4.90 Å². The van der Waals surface area contributed by atoms with E-state index in [1.54, 1.807) is 23.1 Å². The largest absolute Gasteiger partial charge is 0.481 e. The van der Waals surface area contributed by atoms with Crippen molar-refractivity contribution >= 4 is 39.4 Å². The number of piperidine rings is 1. The molecule has 4 nitrogen and oxygen atoms in total. The summed E-state index contributed by atoms with van der Waals surface area (Å²) in [5.74, 6) is -0.883. The van der Waals surface area contributed by atoms with E-state index in [1.807, 2.05) is 0 Å². The van der Waals surface area contributed by atoms with Crippen LogP contribution in [0.5, 0.6) is 0 Å². The summed E-state index contributed by atoms with van der Waals surface area (Å²) in [6.45, 7) is 1.15. The zero-order valence-corrected chi connectivity index (χ0v) is 13.2. The average molecular weight is 361 g/mol. The van der Waals surface area contributed by atoms with E-state index in [2.05, 4.69) is 15.9 Å². The average Bonchev–Trinajstić information content (AvgIpc) is 2.40. The predicted molar refractivity (Wildman–Crippen MR) is 80.0 cm³/mol. The molecule has 1 saturated heterocycles. The van der Waals surface area contributed by atoms with Gasteiger partial charge in [-0.2, -0.15) is 0 Å².